The zero-order chi connectivity index (χ0) is 33.6. The van der Waals surface area contributed by atoms with Crippen LogP contribution < -0.4 is 15.6 Å². The Morgan fingerprint density at radius 2 is 1.91 bits per heavy atom. The van der Waals surface area contributed by atoms with Gasteiger partial charge in [-0.15, -0.1) is 0 Å². The Kier molecular flexibility index (Phi) is 11.2. The molecule has 2 aromatic heterocycles. The molecular weight excluding hydrogens is 590 g/mol. The highest BCUT2D eigenvalue weighted by atomic mass is 16.6. The van der Waals surface area contributed by atoms with Crippen LogP contribution in [0.3, 0.4) is 0 Å². The fourth-order valence-corrected chi connectivity index (χ4v) is 5.67. The first kappa shape index (κ1) is 34.6. The molecule has 12 nitrogen and oxygen atoms in total. The summed E-state index contributed by atoms with van der Waals surface area (Å²) >= 11 is 0. The van der Waals surface area contributed by atoms with Crippen LogP contribution >= 0.6 is 0 Å². The molecule has 1 aromatic carbocycles. The second-order valence-corrected chi connectivity index (χ2v) is 12.7. The van der Waals surface area contributed by atoms with Crippen LogP contribution in [0.1, 0.15) is 62.3 Å². The van der Waals surface area contributed by atoms with Crippen molar-refractivity contribution in [2.75, 3.05) is 47.4 Å². The number of amides is 2. The highest BCUT2D eigenvalue weighted by Gasteiger charge is 2.28. The highest BCUT2D eigenvalue weighted by molar-refractivity contribution is 5.88. The van der Waals surface area contributed by atoms with E-state index in [1.54, 1.807) is 25.3 Å². The minimum Gasteiger partial charge on any atom is -0.491 e. The summed E-state index contributed by atoms with van der Waals surface area (Å²) in [6.07, 6.45) is 1.57. The predicted octanol–water partition coefficient (Wildman–Crippen LogP) is 3.69. The van der Waals surface area contributed by atoms with E-state index in [0.717, 1.165) is 34.0 Å². The number of ether oxygens (including phenoxy) is 3. The van der Waals surface area contributed by atoms with Crippen molar-refractivity contribution in [3.8, 4) is 17.1 Å². The van der Waals surface area contributed by atoms with E-state index in [9.17, 15) is 19.2 Å². The number of hydrogen-bond donors (Lipinski definition) is 1. The van der Waals surface area contributed by atoms with Gasteiger partial charge in [0, 0.05) is 54.7 Å². The largest absolute Gasteiger partial charge is 0.491 e. The van der Waals surface area contributed by atoms with Crippen LogP contribution in [0.25, 0.3) is 22.3 Å². The predicted molar refractivity (Wildman–Crippen MR) is 175 cm³/mol. The summed E-state index contributed by atoms with van der Waals surface area (Å²) in [4.78, 5) is 57.8. The van der Waals surface area contributed by atoms with E-state index in [-0.39, 0.29) is 38.4 Å². The molecule has 3 aromatic rings. The van der Waals surface area contributed by atoms with E-state index in [1.807, 2.05) is 44.1 Å². The Bertz CT molecular complexity index is 1640. The molecule has 0 radical (unpaired) electrons. The Morgan fingerprint density at radius 3 is 2.54 bits per heavy atom. The van der Waals surface area contributed by atoms with Crippen molar-refractivity contribution in [1.82, 2.24) is 24.7 Å². The third-order valence-electron chi connectivity index (χ3n) is 7.80. The van der Waals surface area contributed by atoms with E-state index in [2.05, 4.69) is 11.4 Å². The topological polar surface area (TPSA) is 132 Å². The molecule has 0 spiro atoms. The normalized spacial score (nSPS) is 12.9. The molecule has 0 aliphatic carbocycles. The van der Waals surface area contributed by atoms with E-state index in [1.165, 1.54) is 12.0 Å². The Labute approximate surface area is 269 Å². The first-order valence-corrected chi connectivity index (χ1v) is 15.5. The number of aldehydes is 1. The van der Waals surface area contributed by atoms with Crippen molar-refractivity contribution in [3.05, 3.63) is 56.9 Å². The number of pyridine rings is 2. The quantitative estimate of drug-likeness (QED) is 0.153. The Balaban J connectivity index is 1.68. The minimum absolute atomic E-state index is 0.122. The van der Waals surface area contributed by atoms with Gasteiger partial charge in [-0.2, -0.15) is 0 Å². The van der Waals surface area contributed by atoms with Crippen molar-refractivity contribution in [1.29, 1.82) is 0 Å². The van der Waals surface area contributed by atoms with E-state index < -0.39 is 17.6 Å². The van der Waals surface area contributed by atoms with Gasteiger partial charge < -0.3 is 38.7 Å². The molecule has 12 heteroatoms. The standard InChI is InChI=1S/C34H45N5O7/c1-8-22(19-40)24-16-29-31-23(17-39(29)32(42)27(24)20-44-7)15-25-26(18-37(5)6)30(10-9-28(25)36-31)45-14-13-38(12-11-35-21-41)33(43)46-34(2,3)4/h9-10,15-16,19,21-22H,8,11-14,17-18,20H2,1-7H3,(H,35,41). The summed E-state index contributed by atoms with van der Waals surface area (Å²) in [7, 11) is 5.48. The van der Waals surface area contributed by atoms with Gasteiger partial charge in [0.15, 0.2) is 0 Å². The number of benzene rings is 1. The third-order valence-corrected chi connectivity index (χ3v) is 7.80. The molecule has 4 rings (SSSR count). The maximum absolute atomic E-state index is 13.7. The molecule has 0 saturated heterocycles. The zero-order valence-corrected chi connectivity index (χ0v) is 27.8. The second kappa shape index (κ2) is 14.9. The van der Waals surface area contributed by atoms with E-state index in [4.69, 9.17) is 19.2 Å². The molecule has 1 N–H and O–H groups in total. The van der Waals surface area contributed by atoms with Gasteiger partial charge in [0.25, 0.3) is 5.56 Å². The lowest BCUT2D eigenvalue weighted by atomic mass is 9.93. The number of hydrogen-bond acceptors (Lipinski definition) is 9. The van der Waals surface area contributed by atoms with Crippen LogP contribution in [0.4, 0.5) is 4.79 Å². The highest BCUT2D eigenvalue weighted by Crippen LogP contribution is 2.37. The molecule has 2 amide bonds. The fraction of sp³-hybridized carbons (Fsp3) is 0.500. The molecule has 0 saturated carbocycles. The number of carbonyl (C=O) groups is 3. The summed E-state index contributed by atoms with van der Waals surface area (Å²) in [5, 5.41) is 3.49. The lowest BCUT2D eigenvalue weighted by molar-refractivity contribution is -0.110. The minimum atomic E-state index is -0.664. The first-order valence-electron chi connectivity index (χ1n) is 15.5. The average molecular weight is 636 g/mol. The monoisotopic (exact) mass is 635 g/mol. The van der Waals surface area contributed by atoms with E-state index >= 15 is 0 Å². The number of rotatable bonds is 15. The molecule has 1 aliphatic heterocycles. The maximum atomic E-state index is 13.7. The van der Waals surface area contributed by atoms with Crippen LogP contribution in [0.15, 0.2) is 29.1 Å². The van der Waals surface area contributed by atoms with Gasteiger partial charge in [0.1, 0.15) is 24.2 Å². The SMILES string of the molecule is CCC(C=O)c1cc2n(c(=O)c1COC)Cc1cc3c(CN(C)C)c(OCCN(CCNC=O)C(=O)OC(C)(C)C)ccc3nc1-2. The molecule has 3 heterocycles. The van der Waals surface area contributed by atoms with Crippen LogP contribution in [-0.2, 0) is 38.8 Å². The zero-order valence-electron chi connectivity index (χ0n) is 27.8. The number of methoxy groups -OCH3 is 1. The number of aromatic nitrogens is 2. The lowest BCUT2D eigenvalue weighted by Gasteiger charge is -2.27. The third kappa shape index (κ3) is 7.73. The smallest absolute Gasteiger partial charge is 0.410 e. The number of nitrogens with zero attached hydrogens (tertiary/aromatic N) is 4. The Hall–Kier alpha value is -4.29. The lowest BCUT2D eigenvalue weighted by Crippen LogP contribution is -2.42. The number of nitrogens with one attached hydrogen (secondary N) is 1. The summed E-state index contributed by atoms with van der Waals surface area (Å²) in [6, 6.07) is 7.76. The number of fused-ring (bicyclic) bond motifs is 4. The van der Waals surface area contributed by atoms with Crippen LogP contribution in [0.2, 0.25) is 0 Å². The van der Waals surface area contributed by atoms with Crippen molar-refractivity contribution in [3.63, 3.8) is 0 Å². The van der Waals surface area contributed by atoms with Crippen molar-refractivity contribution in [2.24, 2.45) is 0 Å². The summed E-state index contributed by atoms with van der Waals surface area (Å²) < 4.78 is 18.9. The van der Waals surface area contributed by atoms with Crippen LogP contribution in [-0.4, -0.2) is 91.2 Å². The summed E-state index contributed by atoms with van der Waals surface area (Å²) in [6.45, 7) is 9.38. The number of carbonyl (C=O) groups excluding carboxylic acids is 3. The van der Waals surface area contributed by atoms with Crippen molar-refractivity contribution in [2.45, 2.75) is 65.3 Å². The summed E-state index contributed by atoms with van der Waals surface area (Å²) in [5.74, 6) is 0.249. The molecule has 248 valence electrons. The van der Waals surface area contributed by atoms with Crippen molar-refractivity contribution >= 4 is 29.7 Å². The van der Waals surface area contributed by atoms with Gasteiger partial charge in [-0.05, 0) is 71.1 Å². The molecular formula is C34H45N5O7. The molecule has 1 unspecified atom stereocenters. The molecule has 0 fully saturated rings. The van der Waals surface area contributed by atoms with Gasteiger partial charge >= 0.3 is 6.09 Å². The molecule has 46 heavy (non-hydrogen) atoms. The van der Waals surface area contributed by atoms with Gasteiger partial charge in [0.05, 0.1) is 36.6 Å². The van der Waals surface area contributed by atoms with Gasteiger partial charge in [-0.3, -0.25) is 9.59 Å². The van der Waals surface area contributed by atoms with Gasteiger partial charge in [0.2, 0.25) is 6.41 Å². The second-order valence-electron chi connectivity index (χ2n) is 12.7. The molecule has 1 atom stereocenters. The molecule has 0 bridgehead atoms. The maximum Gasteiger partial charge on any atom is 0.410 e. The first-order chi connectivity index (χ1) is 21.9. The van der Waals surface area contributed by atoms with Crippen molar-refractivity contribution < 1.29 is 28.6 Å². The van der Waals surface area contributed by atoms with Crippen LogP contribution in [0.5, 0.6) is 5.75 Å². The van der Waals surface area contributed by atoms with E-state index in [0.29, 0.717) is 48.5 Å². The summed E-state index contributed by atoms with van der Waals surface area (Å²) in [5.41, 5.74) is 4.34. The van der Waals surface area contributed by atoms with Crippen LogP contribution in [0, 0.1) is 0 Å². The fourth-order valence-electron chi connectivity index (χ4n) is 5.67. The average Bonchev–Trinajstić information content (AvgIpc) is 3.35. The molecule has 1 aliphatic rings. The van der Waals surface area contributed by atoms with Gasteiger partial charge in [-0.25, -0.2) is 9.78 Å². The van der Waals surface area contributed by atoms with Gasteiger partial charge in [-0.1, -0.05) is 6.92 Å². The Morgan fingerprint density at radius 1 is 1.15 bits per heavy atom.